The Hall–Kier alpha value is -8.72. The van der Waals surface area contributed by atoms with Gasteiger partial charge in [0.1, 0.15) is 0 Å². The van der Waals surface area contributed by atoms with Crippen LogP contribution in [0.2, 0.25) is 0 Å². The second kappa shape index (κ2) is 16.9. The first-order valence-corrected chi connectivity index (χ1v) is 23.5. The van der Waals surface area contributed by atoms with Gasteiger partial charge in [0.05, 0.1) is 16.4 Å². The molecule has 0 saturated heterocycles. The lowest BCUT2D eigenvalue weighted by molar-refractivity contribution is 0.767. The quantitative estimate of drug-likeness (QED) is 0.145. The van der Waals surface area contributed by atoms with Crippen molar-refractivity contribution in [3.63, 3.8) is 0 Å². The van der Waals surface area contributed by atoms with Crippen molar-refractivity contribution in [2.24, 2.45) is 0 Å². The molecular formula is C66H48N2. The molecule has 0 fully saturated rings. The zero-order valence-corrected chi connectivity index (χ0v) is 37.9. The third-order valence-corrected chi connectivity index (χ3v) is 13.8. The van der Waals surface area contributed by atoms with E-state index in [2.05, 4.69) is 271 Å². The number of aromatic nitrogens is 1. The standard InChI is InChI=1S/C63H42N2.C3H6/c1-4-18-49(19-5-1)63(50-20-6-2-7-21-50)59-26-14-12-24-55(59)56-36-35-54(42-60(56)63)65-61-27-15-13-25-57(61)58-41-48(32-37-62(58)65)45-28-29-47-40-53(34-31-46(47)38-45)64(51-22-8-3-9-23-51)52-33-30-43-16-10-11-17-44(43)39-52;1-3-2/h1-42H;3H,1H2,2H3. The molecule has 0 aliphatic heterocycles. The van der Waals surface area contributed by atoms with Crippen LogP contribution in [-0.2, 0) is 5.41 Å². The van der Waals surface area contributed by atoms with Gasteiger partial charge >= 0.3 is 0 Å². The number of allylic oxidation sites excluding steroid dienone is 1. The van der Waals surface area contributed by atoms with Gasteiger partial charge < -0.3 is 9.47 Å². The highest BCUT2D eigenvalue weighted by atomic mass is 15.1. The van der Waals surface area contributed by atoms with E-state index in [-0.39, 0.29) is 0 Å². The van der Waals surface area contributed by atoms with Crippen LogP contribution >= 0.6 is 0 Å². The maximum atomic E-state index is 3.36. The molecule has 2 heteroatoms. The summed E-state index contributed by atoms with van der Waals surface area (Å²) in [6, 6.07) is 93.8. The number of hydrogen-bond acceptors (Lipinski definition) is 1. The molecular weight excluding hydrogens is 821 g/mol. The number of rotatable bonds is 7. The van der Waals surface area contributed by atoms with Crippen LogP contribution in [0.25, 0.3) is 71.3 Å². The van der Waals surface area contributed by atoms with Gasteiger partial charge in [-0.3, -0.25) is 0 Å². The molecule has 12 aromatic rings. The van der Waals surface area contributed by atoms with Crippen LogP contribution in [0.1, 0.15) is 29.2 Å². The van der Waals surface area contributed by atoms with Gasteiger partial charge in [-0.1, -0.05) is 188 Å². The summed E-state index contributed by atoms with van der Waals surface area (Å²) in [4.78, 5) is 2.35. The number of benzene rings is 11. The van der Waals surface area contributed by atoms with Crippen LogP contribution in [0.5, 0.6) is 0 Å². The van der Waals surface area contributed by atoms with E-state index in [1.165, 1.54) is 87.9 Å². The molecule has 11 aromatic carbocycles. The van der Waals surface area contributed by atoms with Crippen LogP contribution in [-0.4, -0.2) is 4.57 Å². The predicted octanol–water partition coefficient (Wildman–Crippen LogP) is 17.8. The normalized spacial score (nSPS) is 12.4. The van der Waals surface area contributed by atoms with Gasteiger partial charge in [0, 0.05) is 33.5 Å². The predicted molar refractivity (Wildman–Crippen MR) is 289 cm³/mol. The van der Waals surface area contributed by atoms with Crippen LogP contribution in [0.3, 0.4) is 0 Å². The molecule has 322 valence electrons. The molecule has 2 nitrogen and oxygen atoms in total. The van der Waals surface area contributed by atoms with E-state index in [1.54, 1.807) is 6.08 Å². The first-order valence-electron chi connectivity index (χ1n) is 23.5. The van der Waals surface area contributed by atoms with Crippen molar-refractivity contribution in [3.8, 4) is 27.9 Å². The van der Waals surface area contributed by atoms with E-state index in [0.29, 0.717) is 0 Å². The molecule has 0 N–H and O–H groups in total. The first kappa shape index (κ1) is 40.8. The second-order valence-electron chi connectivity index (χ2n) is 17.7. The Bertz CT molecular complexity index is 3790. The molecule has 0 atom stereocenters. The van der Waals surface area contributed by atoms with Gasteiger partial charge in [-0.15, -0.1) is 6.58 Å². The zero-order valence-electron chi connectivity index (χ0n) is 37.9. The third-order valence-electron chi connectivity index (χ3n) is 13.8. The number of fused-ring (bicyclic) bond motifs is 8. The van der Waals surface area contributed by atoms with Crippen molar-refractivity contribution in [3.05, 3.63) is 290 Å². The fourth-order valence-electron chi connectivity index (χ4n) is 10.9. The number of para-hydroxylation sites is 2. The highest BCUT2D eigenvalue weighted by molar-refractivity contribution is 6.11. The van der Waals surface area contributed by atoms with Crippen LogP contribution < -0.4 is 4.90 Å². The molecule has 1 aliphatic rings. The van der Waals surface area contributed by atoms with Crippen LogP contribution in [0.15, 0.2) is 267 Å². The fraction of sp³-hybridized carbons (Fsp3) is 0.0303. The molecule has 0 bridgehead atoms. The number of hydrogen-bond donors (Lipinski definition) is 0. The lowest BCUT2D eigenvalue weighted by Gasteiger charge is -2.34. The molecule has 1 aliphatic carbocycles. The van der Waals surface area contributed by atoms with E-state index in [1.807, 2.05) is 6.92 Å². The summed E-state index contributed by atoms with van der Waals surface area (Å²) in [5, 5.41) is 7.35. The SMILES string of the molecule is C=CC.c1ccc(N(c2ccc3ccccc3c2)c2ccc3cc(-c4ccc5c(c4)c4ccccc4n5-c4ccc5c(c4)C(c4ccccc4)(c4ccccc4)c4ccccc4-5)ccc3c2)cc1. The summed E-state index contributed by atoms with van der Waals surface area (Å²) in [7, 11) is 0. The van der Waals surface area contributed by atoms with E-state index in [0.717, 1.165) is 22.7 Å². The van der Waals surface area contributed by atoms with Gasteiger partial charge in [0.2, 0.25) is 0 Å². The van der Waals surface area contributed by atoms with E-state index < -0.39 is 5.41 Å². The zero-order chi connectivity index (χ0) is 45.6. The summed E-state index contributed by atoms with van der Waals surface area (Å²) in [5.74, 6) is 0. The number of anilines is 3. The molecule has 1 heterocycles. The maximum Gasteiger partial charge on any atom is 0.0714 e. The molecule has 68 heavy (non-hydrogen) atoms. The van der Waals surface area contributed by atoms with Gasteiger partial charge in [0.15, 0.2) is 0 Å². The lowest BCUT2D eigenvalue weighted by Crippen LogP contribution is -2.28. The van der Waals surface area contributed by atoms with Gasteiger partial charge in [-0.05, 0) is 146 Å². The van der Waals surface area contributed by atoms with Crippen molar-refractivity contribution in [2.75, 3.05) is 4.90 Å². The molecule has 0 spiro atoms. The largest absolute Gasteiger partial charge is 0.310 e. The van der Waals surface area contributed by atoms with E-state index >= 15 is 0 Å². The Kier molecular flexibility index (Phi) is 10.1. The van der Waals surface area contributed by atoms with Gasteiger partial charge in [0.25, 0.3) is 0 Å². The second-order valence-corrected chi connectivity index (χ2v) is 17.7. The number of nitrogens with zero attached hydrogens (tertiary/aromatic N) is 2. The Balaban J connectivity index is 0.00000156. The van der Waals surface area contributed by atoms with Gasteiger partial charge in [-0.2, -0.15) is 0 Å². The summed E-state index contributed by atoms with van der Waals surface area (Å²) in [5.41, 5.74) is 16.6. The Morgan fingerprint density at radius 2 is 0.897 bits per heavy atom. The molecule has 1 aromatic heterocycles. The van der Waals surface area contributed by atoms with Crippen molar-refractivity contribution in [1.82, 2.24) is 4.57 Å². The lowest BCUT2D eigenvalue weighted by atomic mass is 9.67. The topological polar surface area (TPSA) is 8.17 Å². The Morgan fingerprint density at radius 3 is 1.63 bits per heavy atom. The fourth-order valence-corrected chi connectivity index (χ4v) is 10.9. The summed E-state index contributed by atoms with van der Waals surface area (Å²) in [6.07, 6.45) is 1.75. The molecule has 13 rings (SSSR count). The van der Waals surface area contributed by atoms with Crippen molar-refractivity contribution >= 4 is 60.4 Å². The molecule has 0 radical (unpaired) electrons. The Morgan fingerprint density at radius 1 is 0.382 bits per heavy atom. The highest BCUT2D eigenvalue weighted by Crippen LogP contribution is 2.56. The first-order chi connectivity index (χ1) is 33.6. The minimum atomic E-state index is -0.469. The summed E-state index contributed by atoms with van der Waals surface area (Å²) < 4.78 is 2.47. The van der Waals surface area contributed by atoms with E-state index in [4.69, 9.17) is 0 Å². The minimum Gasteiger partial charge on any atom is -0.310 e. The van der Waals surface area contributed by atoms with Crippen LogP contribution in [0, 0.1) is 0 Å². The molecule has 0 unspecified atom stereocenters. The Labute approximate surface area is 398 Å². The average molecular weight is 869 g/mol. The highest BCUT2D eigenvalue weighted by Gasteiger charge is 2.46. The summed E-state index contributed by atoms with van der Waals surface area (Å²) >= 11 is 0. The van der Waals surface area contributed by atoms with E-state index in [9.17, 15) is 0 Å². The third kappa shape index (κ3) is 6.64. The van der Waals surface area contributed by atoms with Crippen molar-refractivity contribution in [1.29, 1.82) is 0 Å². The van der Waals surface area contributed by atoms with Crippen molar-refractivity contribution in [2.45, 2.75) is 12.3 Å². The average Bonchev–Trinajstić information content (AvgIpc) is 3.89. The van der Waals surface area contributed by atoms with Crippen molar-refractivity contribution < 1.29 is 0 Å². The monoisotopic (exact) mass is 868 g/mol. The maximum absolute atomic E-state index is 3.36. The minimum absolute atomic E-state index is 0.469. The molecule has 0 amide bonds. The molecule has 0 saturated carbocycles. The smallest absolute Gasteiger partial charge is 0.0714 e. The van der Waals surface area contributed by atoms with Gasteiger partial charge in [-0.25, -0.2) is 0 Å². The van der Waals surface area contributed by atoms with Crippen LogP contribution in [0.4, 0.5) is 17.1 Å². The summed E-state index contributed by atoms with van der Waals surface area (Å²) in [6.45, 7) is 5.25.